The Morgan fingerprint density at radius 1 is 1.19 bits per heavy atom. The molecule has 1 heterocycles. The molecular weight excluding hydrogens is 346 g/mol. The Hall–Kier alpha value is -2.90. The standard InChI is InChI=1S/C20H23N3O4/c21-19(25)12-27-18-8-4-3-7-15(18)20(26)23-11-17(24)16-9-13-5-1-2-6-14(13)10-22-16/h1-8,16-17,22,24H,9-12H2,(H2,21,25)(H,23,26)/t16-,17+/m0/s1. The van der Waals surface area contributed by atoms with Crippen LogP contribution < -0.4 is 21.1 Å². The molecule has 2 atom stereocenters. The molecule has 0 saturated heterocycles. The van der Waals surface area contributed by atoms with Crippen LogP contribution in [-0.4, -0.2) is 42.2 Å². The molecule has 2 amide bonds. The normalized spacial score (nSPS) is 16.9. The van der Waals surface area contributed by atoms with Gasteiger partial charge in [-0.25, -0.2) is 0 Å². The summed E-state index contributed by atoms with van der Waals surface area (Å²) in [5.41, 5.74) is 7.79. The molecule has 1 aliphatic rings. The van der Waals surface area contributed by atoms with Gasteiger partial charge in [0.25, 0.3) is 11.8 Å². The number of rotatable bonds is 7. The highest BCUT2D eigenvalue weighted by molar-refractivity contribution is 5.97. The molecule has 0 aliphatic carbocycles. The minimum atomic E-state index is -0.735. The van der Waals surface area contributed by atoms with Crippen molar-refractivity contribution in [3.05, 3.63) is 65.2 Å². The monoisotopic (exact) mass is 369 g/mol. The van der Waals surface area contributed by atoms with E-state index in [-0.39, 0.29) is 36.4 Å². The number of hydrogen-bond acceptors (Lipinski definition) is 5. The first kappa shape index (κ1) is 18.9. The number of fused-ring (bicyclic) bond motifs is 1. The van der Waals surface area contributed by atoms with Crippen molar-refractivity contribution in [2.75, 3.05) is 13.2 Å². The van der Waals surface area contributed by atoms with Gasteiger partial charge in [0.2, 0.25) is 0 Å². The number of primary amides is 1. The summed E-state index contributed by atoms with van der Waals surface area (Å²) in [5.74, 6) is -0.734. The van der Waals surface area contributed by atoms with Crippen LogP contribution in [0.25, 0.3) is 0 Å². The number of para-hydroxylation sites is 1. The molecule has 7 nitrogen and oxygen atoms in total. The van der Waals surface area contributed by atoms with E-state index in [1.807, 2.05) is 12.1 Å². The van der Waals surface area contributed by atoms with E-state index in [9.17, 15) is 14.7 Å². The number of ether oxygens (including phenoxy) is 1. The van der Waals surface area contributed by atoms with E-state index >= 15 is 0 Å². The van der Waals surface area contributed by atoms with Gasteiger partial charge in [0.15, 0.2) is 6.61 Å². The lowest BCUT2D eigenvalue weighted by Gasteiger charge is -2.30. The van der Waals surface area contributed by atoms with Crippen LogP contribution in [0.15, 0.2) is 48.5 Å². The smallest absolute Gasteiger partial charge is 0.255 e. The van der Waals surface area contributed by atoms with Crippen molar-refractivity contribution in [3.63, 3.8) is 0 Å². The Bertz CT molecular complexity index is 824. The summed E-state index contributed by atoms with van der Waals surface area (Å²) >= 11 is 0. The summed E-state index contributed by atoms with van der Waals surface area (Å²) in [6.45, 7) is 0.483. The maximum atomic E-state index is 12.5. The summed E-state index contributed by atoms with van der Waals surface area (Å²) in [4.78, 5) is 23.3. The van der Waals surface area contributed by atoms with Crippen LogP contribution in [0.1, 0.15) is 21.5 Å². The highest BCUT2D eigenvalue weighted by Gasteiger charge is 2.25. The molecule has 0 bridgehead atoms. The third-order valence-corrected chi connectivity index (χ3v) is 4.55. The number of aliphatic hydroxyl groups is 1. The van der Waals surface area contributed by atoms with E-state index < -0.39 is 12.0 Å². The lowest BCUT2D eigenvalue weighted by molar-refractivity contribution is -0.119. The topological polar surface area (TPSA) is 114 Å². The van der Waals surface area contributed by atoms with E-state index in [1.54, 1.807) is 24.3 Å². The van der Waals surface area contributed by atoms with Crippen molar-refractivity contribution in [2.24, 2.45) is 5.73 Å². The van der Waals surface area contributed by atoms with E-state index in [1.165, 1.54) is 11.1 Å². The van der Waals surface area contributed by atoms with Gasteiger partial charge in [0.05, 0.1) is 11.7 Å². The molecule has 27 heavy (non-hydrogen) atoms. The molecule has 0 saturated carbocycles. The van der Waals surface area contributed by atoms with Gasteiger partial charge >= 0.3 is 0 Å². The fraction of sp³-hybridized carbons (Fsp3) is 0.300. The lowest BCUT2D eigenvalue weighted by atomic mass is 9.93. The number of benzene rings is 2. The SMILES string of the molecule is NC(=O)COc1ccccc1C(=O)NC[C@@H](O)[C@@H]1Cc2ccccc2CN1. The van der Waals surface area contributed by atoms with Crippen LogP contribution in [0.2, 0.25) is 0 Å². The number of amides is 2. The van der Waals surface area contributed by atoms with Gasteiger partial charge in [-0.3, -0.25) is 9.59 Å². The number of carbonyl (C=O) groups is 2. The molecule has 2 aromatic rings. The largest absolute Gasteiger partial charge is 0.483 e. The Labute approximate surface area is 157 Å². The highest BCUT2D eigenvalue weighted by atomic mass is 16.5. The number of carbonyl (C=O) groups excluding carboxylic acids is 2. The number of nitrogens with one attached hydrogen (secondary N) is 2. The molecular formula is C20H23N3O4. The van der Waals surface area contributed by atoms with Crippen molar-refractivity contribution >= 4 is 11.8 Å². The first-order valence-electron chi connectivity index (χ1n) is 8.81. The number of hydrogen-bond donors (Lipinski definition) is 4. The first-order valence-corrected chi connectivity index (χ1v) is 8.81. The van der Waals surface area contributed by atoms with Crippen LogP contribution in [0.5, 0.6) is 5.75 Å². The first-order chi connectivity index (χ1) is 13.0. The average molecular weight is 369 g/mol. The summed E-state index contributed by atoms with van der Waals surface area (Å²) in [5, 5.41) is 16.5. The molecule has 5 N–H and O–H groups in total. The van der Waals surface area contributed by atoms with Crippen molar-refractivity contribution < 1.29 is 19.4 Å². The van der Waals surface area contributed by atoms with Crippen molar-refractivity contribution in [2.45, 2.75) is 25.1 Å². The minimum Gasteiger partial charge on any atom is -0.483 e. The number of nitrogens with two attached hydrogens (primary N) is 1. The van der Waals surface area contributed by atoms with Gasteiger partial charge in [-0.05, 0) is 29.7 Å². The summed E-state index contributed by atoms with van der Waals surface area (Å²) < 4.78 is 5.27. The van der Waals surface area contributed by atoms with Crippen LogP contribution in [0.4, 0.5) is 0 Å². The molecule has 1 aliphatic heterocycles. The van der Waals surface area contributed by atoms with Crippen LogP contribution in [0, 0.1) is 0 Å². The van der Waals surface area contributed by atoms with Gasteiger partial charge in [0.1, 0.15) is 5.75 Å². The summed E-state index contributed by atoms with van der Waals surface area (Å²) in [7, 11) is 0. The fourth-order valence-electron chi connectivity index (χ4n) is 3.12. The third-order valence-electron chi connectivity index (χ3n) is 4.55. The van der Waals surface area contributed by atoms with Crippen LogP contribution in [-0.2, 0) is 17.8 Å². The zero-order chi connectivity index (χ0) is 19.2. The van der Waals surface area contributed by atoms with Crippen LogP contribution in [0.3, 0.4) is 0 Å². The zero-order valence-corrected chi connectivity index (χ0v) is 14.9. The van der Waals surface area contributed by atoms with Gasteiger partial charge < -0.3 is 26.2 Å². The fourth-order valence-corrected chi connectivity index (χ4v) is 3.12. The predicted molar refractivity (Wildman–Crippen MR) is 100 cm³/mol. The Kier molecular flexibility index (Phi) is 6.05. The minimum absolute atomic E-state index is 0.100. The second-order valence-corrected chi connectivity index (χ2v) is 6.49. The quantitative estimate of drug-likeness (QED) is 0.563. The molecule has 0 unspecified atom stereocenters. The van der Waals surface area contributed by atoms with Crippen molar-refractivity contribution in [1.29, 1.82) is 0 Å². The van der Waals surface area contributed by atoms with E-state index in [4.69, 9.17) is 10.5 Å². The van der Waals surface area contributed by atoms with Crippen molar-refractivity contribution in [3.8, 4) is 5.75 Å². The summed E-state index contributed by atoms with van der Waals surface area (Å²) in [6.07, 6.45) is -0.0353. The Morgan fingerprint density at radius 2 is 1.89 bits per heavy atom. The molecule has 0 radical (unpaired) electrons. The highest BCUT2D eigenvalue weighted by Crippen LogP contribution is 2.19. The van der Waals surface area contributed by atoms with Crippen LogP contribution >= 0.6 is 0 Å². The van der Waals surface area contributed by atoms with E-state index in [0.717, 1.165) is 0 Å². The van der Waals surface area contributed by atoms with E-state index in [0.29, 0.717) is 13.0 Å². The molecule has 7 heteroatoms. The van der Waals surface area contributed by atoms with E-state index in [2.05, 4.69) is 22.8 Å². The van der Waals surface area contributed by atoms with Gasteiger partial charge in [-0.15, -0.1) is 0 Å². The van der Waals surface area contributed by atoms with Gasteiger partial charge in [0, 0.05) is 19.1 Å². The molecule has 2 aromatic carbocycles. The predicted octanol–water partition coefficient (Wildman–Crippen LogP) is 0.356. The second-order valence-electron chi connectivity index (χ2n) is 6.49. The second kappa shape index (κ2) is 8.66. The molecule has 3 rings (SSSR count). The third kappa shape index (κ3) is 4.84. The van der Waals surface area contributed by atoms with Gasteiger partial charge in [-0.1, -0.05) is 36.4 Å². The van der Waals surface area contributed by atoms with Gasteiger partial charge in [-0.2, -0.15) is 0 Å². The zero-order valence-electron chi connectivity index (χ0n) is 14.9. The Morgan fingerprint density at radius 3 is 2.67 bits per heavy atom. The Balaban J connectivity index is 1.57. The molecule has 142 valence electrons. The maximum Gasteiger partial charge on any atom is 0.255 e. The lowest BCUT2D eigenvalue weighted by Crippen LogP contribution is -2.49. The average Bonchev–Trinajstić information content (AvgIpc) is 2.70. The maximum absolute atomic E-state index is 12.5. The summed E-state index contributed by atoms with van der Waals surface area (Å²) in [6, 6.07) is 14.5. The molecule has 0 spiro atoms. The van der Waals surface area contributed by atoms with Crippen molar-refractivity contribution in [1.82, 2.24) is 10.6 Å². The number of aliphatic hydroxyl groups excluding tert-OH is 1. The molecule has 0 aromatic heterocycles. The molecule has 0 fully saturated rings.